The van der Waals surface area contributed by atoms with Gasteiger partial charge in [0, 0.05) is 17.7 Å². The molecule has 136 valence electrons. The van der Waals surface area contributed by atoms with Crippen molar-refractivity contribution >= 4 is 17.5 Å². The predicted octanol–water partition coefficient (Wildman–Crippen LogP) is 2.65. The van der Waals surface area contributed by atoms with Crippen molar-refractivity contribution in [1.29, 1.82) is 0 Å². The maximum atomic E-state index is 13.6. The molecule has 0 bridgehead atoms. The quantitative estimate of drug-likeness (QED) is 0.819. The highest BCUT2D eigenvalue weighted by Crippen LogP contribution is 2.36. The highest BCUT2D eigenvalue weighted by Gasteiger charge is 2.28. The number of benzene rings is 1. The molecule has 2 saturated heterocycles. The molecular weight excluding hydrogens is 328 g/mol. The summed E-state index contributed by atoms with van der Waals surface area (Å²) < 4.78 is 27.2. The minimum absolute atomic E-state index is 0.0341. The smallest absolute Gasteiger partial charge is 0.264 e. The normalized spacial score (nSPS) is 23.0. The summed E-state index contributed by atoms with van der Waals surface area (Å²) in [6.07, 6.45) is -0.200. The summed E-state index contributed by atoms with van der Waals surface area (Å²) in [6, 6.07) is 4.38. The van der Waals surface area contributed by atoms with Gasteiger partial charge in [-0.15, -0.1) is 0 Å². The number of likely N-dealkylation sites (tertiary alicyclic amines) is 1. The van der Waals surface area contributed by atoms with E-state index in [1.54, 1.807) is 12.1 Å². The maximum Gasteiger partial charge on any atom is 0.264 e. The molecular formula is C18H23F2N3O2. The summed E-state index contributed by atoms with van der Waals surface area (Å²) in [5, 5.41) is 5.24. The van der Waals surface area contributed by atoms with E-state index in [-0.39, 0.29) is 23.8 Å². The first-order valence-electron chi connectivity index (χ1n) is 8.65. The molecule has 25 heavy (non-hydrogen) atoms. The predicted molar refractivity (Wildman–Crippen MR) is 90.7 cm³/mol. The summed E-state index contributed by atoms with van der Waals surface area (Å²) in [5.41, 5.74) is 1.23. The Morgan fingerprint density at radius 3 is 2.56 bits per heavy atom. The molecule has 0 spiro atoms. The lowest BCUT2D eigenvalue weighted by Crippen LogP contribution is -2.47. The summed E-state index contributed by atoms with van der Waals surface area (Å²) in [7, 11) is 2.04. The molecule has 0 aromatic heterocycles. The van der Waals surface area contributed by atoms with Gasteiger partial charge in [-0.3, -0.25) is 14.9 Å². The van der Waals surface area contributed by atoms with Crippen molar-refractivity contribution < 1.29 is 18.4 Å². The van der Waals surface area contributed by atoms with Gasteiger partial charge in [-0.05, 0) is 63.0 Å². The van der Waals surface area contributed by atoms with Crippen LogP contribution in [0.1, 0.15) is 49.2 Å². The zero-order valence-electron chi connectivity index (χ0n) is 14.2. The van der Waals surface area contributed by atoms with Crippen molar-refractivity contribution in [2.24, 2.45) is 0 Å². The van der Waals surface area contributed by atoms with Crippen molar-refractivity contribution in [2.45, 2.75) is 44.1 Å². The third kappa shape index (κ3) is 4.15. The fourth-order valence-electron chi connectivity index (χ4n) is 3.58. The van der Waals surface area contributed by atoms with Crippen molar-refractivity contribution in [2.75, 3.05) is 25.5 Å². The molecule has 2 heterocycles. The number of carbonyl (C=O) groups excluding carboxylic acids is 2. The number of halogens is 2. The molecule has 2 fully saturated rings. The van der Waals surface area contributed by atoms with Gasteiger partial charge in [0.1, 0.15) is 6.04 Å². The molecule has 1 aromatic rings. The minimum atomic E-state index is -2.56. The SMILES string of the molecule is CN1CCC(c2ccc(NC3CCC(=O)NC3=O)cc2C(F)F)CC1. The number of hydrogen-bond acceptors (Lipinski definition) is 4. The summed E-state index contributed by atoms with van der Waals surface area (Å²) in [6.45, 7) is 1.81. The Kier molecular flexibility index (Phi) is 5.32. The standard InChI is InChI=1S/C18H23F2N3O2/c1-23-8-6-11(7-9-23)13-3-2-12(10-14(13)17(19)20)21-15-4-5-16(24)22-18(15)25/h2-3,10-11,15,17,21H,4-9H2,1H3,(H,22,24,25). The highest BCUT2D eigenvalue weighted by molar-refractivity contribution is 6.01. The largest absolute Gasteiger partial charge is 0.374 e. The molecule has 0 radical (unpaired) electrons. The lowest BCUT2D eigenvalue weighted by molar-refractivity contribution is -0.133. The molecule has 2 amide bonds. The molecule has 0 saturated carbocycles. The summed E-state index contributed by atoms with van der Waals surface area (Å²) in [5.74, 6) is -0.562. The Hall–Kier alpha value is -2.02. The topological polar surface area (TPSA) is 61.4 Å². The second kappa shape index (κ2) is 7.47. The van der Waals surface area contributed by atoms with Crippen LogP contribution < -0.4 is 10.6 Å². The van der Waals surface area contributed by atoms with Crippen LogP contribution in [0.25, 0.3) is 0 Å². The van der Waals surface area contributed by atoms with Gasteiger partial charge in [-0.2, -0.15) is 0 Å². The second-order valence-electron chi connectivity index (χ2n) is 6.87. The average molecular weight is 351 g/mol. The van der Waals surface area contributed by atoms with E-state index in [2.05, 4.69) is 15.5 Å². The van der Waals surface area contributed by atoms with Gasteiger partial charge in [0.05, 0.1) is 0 Å². The molecule has 1 aromatic carbocycles. The van der Waals surface area contributed by atoms with Crippen LogP contribution in [0.3, 0.4) is 0 Å². The number of carbonyl (C=O) groups is 2. The van der Waals surface area contributed by atoms with E-state index in [1.165, 1.54) is 6.07 Å². The number of nitrogens with zero attached hydrogens (tertiary/aromatic N) is 1. The van der Waals surface area contributed by atoms with E-state index in [1.807, 2.05) is 7.05 Å². The third-order valence-corrected chi connectivity index (χ3v) is 5.06. The zero-order valence-corrected chi connectivity index (χ0v) is 14.2. The van der Waals surface area contributed by atoms with Crippen molar-refractivity contribution in [3.63, 3.8) is 0 Å². The van der Waals surface area contributed by atoms with Crippen LogP contribution in [0.4, 0.5) is 14.5 Å². The number of anilines is 1. The van der Waals surface area contributed by atoms with Crippen LogP contribution in [-0.2, 0) is 9.59 Å². The first-order valence-corrected chi connectivity index (χ1v) is 8.65. The number of rotatable bonds is 4. The number of alkyl halides is 2. The number of imide groups is 1. The van der Waals surface area contributed by atoms with Crippen molar-refractivity contribution in [3.8, 4) is 0 Å². The van der Waals surface area contributed by atoms with E-state index < -0.39 is 18.4 Å². The highest BCUT2D eigenvalue weighted by atomic mass is 19.3. The molecule has 2 N–H and O–H groups in total. The maximum absolute atomic E-state index is 13.6. The molecule has 2 aliphatic heterocycles. The van der Waals surface area contributed by atoms with Gasteiger partial charge in [-0.25, -0.2) is 8.78 Å². The van der Waals surface area contributed by atoms with Crippen LogP contribution in [0, 0.1) is 0 Å². The van der Waals surface area contributed by atoms with Gasteiger partial charge in [0.15, 0.2) is 0 Å². The Morgan fingerprint density at radius 1 is 1.20 bits per heavy atom. The summed E-state index contributed by atoms with van der Waals surface area (Å²) in [4.78, 5) is 25.2. The van der Waals surface area contributed by atoms with E-state index in [4.69, 9.17) is 0 Å². The lowest BCUT2D eigenvalue weighted by atomic mass is 9.86. The fraction of sp³-hybridized carbons (Fsp3) is 0.556. The molecule has 5 nitrogen and oxygen atoms in total. The van der Waals surface area contributed by atoms with Gasteiger partial charge in [0.2, 0.25) is 11.8 Å². The van der Waals surface area contributed by atoms with E-state index in [0.29, 0.717) is 17.7 Å². The Morgan fingerprint density at radius 2 is 1.92 bits per heavy atom. The van der Waals surface area contributed by atoms with Crippen LogP contribution in [-0.4, -0.2) is 42.9 Å². The van der Waals surface area contributed by atoms with Gasteiger partial charge in [-0.1, -0.05) is 6.07 Å². The first-order chi connectivity index (χ1) is 11.9. The van der Waals surface area contributed by atoms with Crippen LogP contribution in [0.15, 0.2) is 18.2 Å². The Labute approximate surface area is 145 Å². The van der Waals surface area contributed by atoms with E-state index in [9.17, 15) is 18.4 Å². The van der Waals surface area contributed by atoms with Crippen molar-refractivity contribution in [1.82, 2.24) is 10.2 Å². The van der Waals surface area contributed by atoms with E-state index in [0.717, 1.165) is 25.9 Å². The summed E-state index contributed by atoms with van der Waals surface area (Å²) >= 11 is 0. The lowest BCUT2D eigenvalue weighted by Gasteiger charge is -2.30. The van der Waals surface area contributed by atoms with Crippen molar-refractivity contribution in [3.05, 3.63) is 29.3 Å². The second-order valence-corrected chi connectivity index (χ2v) is 6.87. The Bertz CT molecular complexity index is 658. The molecule has 1 atom stereocenters. The molecule has 1 unspecified atom stereocenters. The first kappa shape index (κ1) is 17.8. The molecule has 3 rings (SSSR count). The number of hydrogen-bond donors (Lipinski definition) is 2. The number of nitrogens with one attached hydrogen (secondary N) is 2. The minimum Gasteiger partial charge on any atom is -0.374 e. The van der Waals surface area contributed by atoms with Gasteiger partial charge >= 0.3 is 0 Å². The van der Waals surface area contributed by atoms with Gasteiger partial charge < -0.3 is 10.2 Å². The van der Waals surface area contributed by atoms with Crippen LogP contribution >= 0.6 is 0 Å². The number of amides is 2. The molecule has 7 heteroatoms. The monoisotopic (exact) mass is 351 g/mol. The zero-order chi connectivity index (χ0) is 18.0. The Balaban J connectivity index is 1.77. The van der Waals surface area contributed by atoms with Crippen LogP contribution in [0.5, 0.6) is 0 Å². The molecule has 0 aliphatic carbocycles. The van der Waals surface area contributed by atoms with Gasteiger partial charge in [0.25, 0.3) is 6.43 Å². The van der Waals surface area contributed by atoms with E-state index >= 15 is 0 Å². The third-order valence-electron chi connectivity index (χ3n) is 5.06. The average Bonchev–Trinajstić information content (AvgIpc) is 2.58. The van der Waals surface area contributed by atoms with Crippen LogP contribution in [0.2, 0.25) is 0 Å². The number of piperidine rings is 2. The molecule has 2 aliphatic rings. The fourth-order valence-corrected chi connectivity index (χ4v) is 3.58.